The molecule has 230 valence electrons. The Morgan fingerprint density at radius 1 is 0.522 bits per heavy atom. The van der Waals surface area contributed by atoms with Gasteiger partial charge in [-0.3, -0.25) is 0 Å². The first kappa shape index (κ1) is 30.0. The van der Waals surface area contributed by atoms with Gasteiger partial charge in [-0.05, 0) is 89.5 Å². The molecule has 5 heteroatoms. The van der Waals surface area contributed by atoms with Gasteiger partial charge in [0.15, 0.2) is 0 Å². The van der Waals surface area contributed by atoms with Gasteiger partial charge in [0.25, 0.3) is 0 Å². The Labute approximate surface area is 274 Å². The summed E-state index contributed by atoms with van der Waals surface area (Å²) in [4.78, 5) is 0. The van der Waals surface area contributed by atoms with Crippen LogP contribution in [-0.2, 0) is 4.52 Å². The number of rotatable bonds is 10. The van der Waals surface area contributed by atoms with Crippen LogP contribution in [0, 0.1) is 0 Å². The highest BCUT2D eigenvalue weighted by Gasteiger charge is 2.26. The van der Waals surface area contributed by atoms with Crippen molar-refractivity contribution in [2.24, 2.45) is 0 Å². The third kappa shape index (κ3) is 6.79. The summed E-state index contributed by atoms with van der Waals surface area (Å²) >= 11 is 0. The quantitative estimate of drug-likeness (QED) is 0.105. The van der Waals surface area contributed by atoms with Crippen molar-refractivity contribution in [3.63, 3.8) is 0 Å². The van der Waals surface area contributed by atoms with E-state index in [1.165, 1.54) is 46.0 Å². The summed E-state index contributed by atoms with van der Waals surface area (Å²) in [5, 5.41) is 13.4. The zero-order valence-electron chi connectivity index (χ0n) is 25.9. The Kier molecular flexibility index (Phi) is 9.28. The molecule has 0 saturated heterocycles. The molecule has 0 amide bonds. The molecule has 1 aliphatic carbocycles. The third-order valence-electron chi connectivity index (χ3n) is 9.10. The molecular formula is C41H40N3OP. The summed E-state index contributed by atoms with van der Waals surface area (Å²) in [5.41, 5.74) is 9.24. The standard InChI is InChI=1S/C41H40N3OP/c46-45-40-18-10-9-17-39(40)44-38-28-27-37(35-15-7-8-16-36(35)38)41(29-19-23-33(24-20-29)42-31-11-3-1-4-12-31)30-21-25-34(26-22-30)43-32-13-5-2-6-14-32/h1-8,11-16,19-28,39-44H,9-10,17-18,46H2. The first-order valence-electron chi connectivity index (χ1n) is 16.2. The average Bonchev–Trinajstić information content (AvgIpc) is 3.12. The summed E-state index contributed by atoms with van der Waals surface area (Å²) in [7, 11) is 2.49. The summed E-state index contributed by atoms with van der Waals surface area (Å²) in [6, 6.07) is 52.1. The molecule has 0 aromatic heterocycles. The molecule has 1 saturated carbocycles. The van der Waals surface area contributed by atoms with Crippen LogP contribution in [-0.4, -0.2) is 12.1 Å². The van der Waals surface area contributed by atoms with Crippen LogP contribution < -0.4 is 16.0 Å². The van der Waals surface area contributed by atoms with Crippen molar-refractivity contribution in [3.05, 3.63) is 162 Å². The van der Waals surface area contributed by atoms with Gasteiger partial charge in [-0.2, -0.15) is 0 Å². The summed E-state index contributed by atoms with van der Waals surface area (Å²) in [5.74, 6) is 0.0494. The van der Waals surface area contributed by atoms with Crippen LogP contribution in [0.4, 0.5) is 28.4 Å². The number of anilines is 5. The van der Waals surface area contributed by atoms with Gasteiger partial charge in [-0.15, -0.1) is 0 Å². The van der Waals surface area contributed by atoms with E-state index in [9.17, 15) is 0 Å². The SMILES string of the molecule is POC1CCCCC1Nc1ccc(C(c2ccc(Nc3ccccc3)cc2)c2ccc(Nc3ccccc3)cc2)c2ccccc12. The second kappa shape index (κ2) is 14.2. The Morgan fingerprint density at radius 3 is 1.59 bits per heavy atom. The van der Waals surface area contributed by atoms with E-state index in [0.717, 1.165) is 35.6 Å². The second-order valence-corrected chi connectivity index (χ2v) is 12.4. The lowest BCUT2D eigenvalue weighted by molar-refractivity contribution is 0.167. The van der Waals surface area contributed by atoms with Crippen molar-refractivity contribution < 1.29 is 4.52 Å². The molecular weight excluding hydrogens is 581 g/mol. The van der Waals surface area contributed by atoms with Crippen LogP contribution in [0.3, 0.4) is 0 Å². The Hall–Kier alpha value is -4.63. The molecule has 3 atom stereocenters. The van der Waals surface area contributed by atoms with Gasteiger partial charge in [0.05, 0.1) is 12.1 Å². The van der Waals surface area contributed by atoms with E-state index in [0.29, 0.717) is 6.04 Å². The van der Waals surface area contributed by atoms with Crippen LogP contribution in [0.15, 0.2) is 146 Å². The summed E-state index contributed by atoms with van der Waals surface area (Å²) in [6.07, 6.45) is 4.85. The normalized spacial score (nSPS) is 16.3. The summed E-state index contributed by atoms with van der Waals surface area (Å²) < 4.78 is 5.80. The number of nitrogens with one attached hydrogen (secondary N) is 3. The molecule has 6 aromatic rings. The minimum atomic E-state index is 0.0494. The highest BCUT2D eigenvalue weighted by molar-refractivity contribution is 7.09. The number of fused-ring (bicyclic) bond motifs is 1. The Balaban J connectivity index is 1.26. The molecule has 0 spiro atoms. The fourth-order valence-electron chi connectivity index (χ4n) is 6.77. The van der Waals surface area contributed by atoms with E-state index >= 15 is 0 Å². The number of benzene rings is 6. The van der Waals surface area contributed by atoms with Crippen LogP contribution >= 0.6 is 9.47 Å². The van der Waals surface area contributed by atoms with Crippen LogP contribution in [0.25, 0.3) is 10.8 Å². The lowest BCUT2D eigenvalue weighted by atomic mass is 9.82. The second-order valence-electron chi connectivity index (χ2n) is 12.1. The molecule has 46 heavy (non-hydrogen) atoms. The van der Waals surface area contributed by atoms with Crippen molar-refractivity contribution in [2.75, 3.05) is 16.0 Å². The molecule has 3 unspecified atom stereocenters. The first-order valence-corrected chi connectivity index (χ1v) is 16.7. The van der Waals surface area contributed by atoms with Crippen molar-refractivity contribution in [1.82, 2.24) is 0 Å². The molecule has 4 nitrogen and oxygen atoms in total. The highest BCUT2D eigenvalue weighted by atomic mass is 31.0. The van der Waals surface area contributed by atoms with Crippen molar-refractivity contribution in [2.45, 2.75) is 43.7 Å². The van der Waals surface area contributed by atoms with Crippen molar-refractivity contribution in [3.8, 4) is 0 Å². The molecule has 0 aliphatic heterocycles. The van der Waals surface area contributed by atoms with E-state index < -0.39 is 0 Å². The zero-order valence-corrected chi connectivity index (χ0v) is 27.1. The van der Waals surface area contributed by atoms with Crippen LogP contribution in [0.5, 0.6) is 0 Å². The van der Waals surface area contributed by atoms with E-state index in [1.54, 1.807) is 0 Å². The Bertz CT molecular complexity index is 1780. The maximum atomic E-state index is 5.80. The van der Waals surface area contributed by atoms with Crippen LogP contribution in [0.1, 0.15) is 48.3 Å². The minimum absolute atomic E-state index is 0.0494. The molecule has 0 radical (unpaired) electrons. The molecule has 0 bridgehead atoms. The predicted molar refractivity (Wildman–Crippen MR) is 198 cm³/mol. The molecule has 1 fully saturated rings. The fraction of sp³-hybridized carbons (Fsp3) is 0.171. The minimum Gasteiger partial charge on any atom is -0.379 e. The largest absolute Gasteiger partial charge is 0.379 e. The maximum absolute atomic E-state index is 5.80. The Morgan fingerprint density at radius 2 is 1.02 bits per heavy atom. The smallest absolute Gasteiger partial charge is 0.0811 e. The van der Waals surface area contributed by atoms with E-state index in [2.05, 4.69) is 159 Å². The number of para-hydroxylation sites is 2. The molecule has 3 N–H and O–H groups in total. The number of hydrogen-bond donors (Lipinski definition) is 3. The summed E-state index contributed by atoms with van der Waals surface area (Å²) in [6.45, 7) is 0. The molecule has 1 aliphatic rings. The predicted octanol–water partition coefficient (Wildman–Crippen LogP) is 11.0. The van der Waals surface area contributed by atoms with Gasteiger partial charge in [0, 0.05) is 49.2 Å². The maximum Gasteiger partial charge on any atom is 0.0811 e. The molecule has 6 aromatic carbocycles. The average molecular weight is 622 g/mol. The highest BCUT2D eigenvalue weighted by Crippen LogP contribution is 2.40. The van der Waals surface area contributed by atoms with Crippen molar-refractivity contribution in [1.29, 1.82) is 0 Å². The van der Waals surface area contributed by atoms with Gasteiger partial charge < -0.3 is 20.5 Å². The van der Waals surface area contributed by atoms with E-state index in [-0.39, 0.29) is 12.0 Å². The van der Waals surface area contributed by atoms with Gasteiger partial charge in [-0.25, -0.2) is 0 Å². The topological polar surface area (TPSA) is 45.3 Å². The number of hydrogen-bond acceptors (Lipinski definition) is 4. The van der Waals surface area contributed by atoms with E-state index in [1.807, 2.05) is 12.1 Å². The van der Waals surface area contributed by atoms with Crippen LogP contribution in [0.2, 0.25) is 0 Å². The lowest BCUT2D eigenvalue weighted by Crippen LogP contribution is -2.36. The lowest BCUT2D eigenvalue weighted by Gasteiger charge is -2.32. The van der Waals surface area contributed by atoms with Gasteiger partial charge in [0.1, 0.15) is 0 Å². The third-order valence-corrected chi connectivity index (χ3v) is 9.45. The molecule has 7 rings (SSSR count). The monoisotopic (exact) mass is 621 g/mol. The van der Waals surface area contributed by atoms with Gasteiger partial charge in [0.2, 0.25) is 0 Å². The van der Waals surface area contributed by atoms with E-state index in [4.69, 9.17) is 4.52 Å². The van der Waals surface area contributed by atoms with Gasteiger partial charge in [-0.1, -0.05) is 104 Å². The molecule has 0 heterocycles. The van der Waals surface area contributed by atoms with Gasteiger partial charge >= 0.3 is 0 Å². The fourth-order valence-corrected chi connectivity index (χ4v) is 7.10. The first-order chi connectivity index (χ1) is 22.7. The van der Waals surface area contributed by atoms with Crippen molar-refractivity contribution >= 4 is 48.7 Å². The zero-order chi connectivity index (χ0) is 31.1.